The van der Waals surface area contributed by atoms with E-state index in [0.29, 0.717) is 5.56 Å². The van der Waals surface area contributed by atoms with Gasteiger partial charge in [-0.05, 0) is 42.0 Å². The second kappa shape index (κ2) is 9.74. The summed E-state index contributed by atoms with van der Waals surface area (Å²) in [5.74, 6) is 0.00150. The van der Waals surface area contributed by atoms with E-state index in [2.05, 4.69) is 10.6 Å². The highest BCUT2D eigenvalue weighted by Gasteiger charge is 2.34. The van der Waals surface area contributed by atoms with E-state index < -0.39 is 17.4 Å². The Morgan fingerprint density at radius 3 is 2.44 bits per heavy atom. The summed E-state index contributed by atoms with van der Waals surface area (Å²) in [6.07, 6.45) is 1.52. The predicted octanol–water partition coefficient (Wildman–Crippen LogP) is 0.833. The lowest BCUT2D eigenvalue weighted by Crippen LogP contribution is -2.50. The van der Waals surface area contributed by atoms with E-state index in [9.17, 15) is 14.0 Å². The molecule has 25 heavy (non-hydrogen) atoms. The molecule has 0 bridgehead atoms. The Labute approximate surface area is 150 Å². The molecule has 2 amide bonds. The van der Waals surface area contributed by atoms with Crippen molar-refractivity contribution in [3.8, 4) is 0 Å². The fraction of sp³-hybridized carbons (Fsp3) is 0.529. The Morgan fingerprint density at radius 1 is 1.16 bits per heavy atom. The third-order valence-corrected chi connectivity index (χ3v) is 5.03. The molecule has 3 N–H and O–H groups in total. The summed E-state index contributed by atoms with van der Waals surface area (Å²) in [5, 5.41) is 14.1. The van der Waals surface area contributed by atoms with Crippen LogP contribution >= 0.6 is 11.8 Å². The largest absolute Gasteiger partial charge is 0.394 e. The monoisotopic (exact) mass is 370 g/mol. The number of amides is 2. The smallest absolute Gasteiger partial charge is 0.309 e. The standard InChI is InChI=1S/C17H23FN2O4S/c18-14-3-1-13(2-4-14)11-19-15(22)16(23)20-12-17(24-8-7-21)5-9-25-10-6-17/h1-4,21H,5-12H2,(H,19,22)(H,20,23). The van der Waals surface area contributed by atoms with Gasteiger partial charge < -0.3 is 20.5 Å². The van der Waals surface area contributed by atoms with Gasteiger partial charge in [-0.3, -0.25) is 9.59 Å². The molecule has 0 spiro atoms. The fourth-order valence-corrected chi connectivity index (χ4v) is 3.80. The van der Waals surface area contributed by atoms with Crippen molar-refractivity contribution in [2.75, 3.05) is 31.3 Å². The molecule has 2 rings (SSSR count). The summed E-state index contributed by atoms with van der Waals surface area (Å²) in [6, 6.07) is 5.69. The first-order valence-corrected chi connectivity index (χ1v) is 9.33. The number of benzene rings is 1. The molecule has 0 saturated carbocycles. The van der Waals surface area contributed by atoms with Crippen LogP contribution in [-0.2, 0) is 20.9 Å². The Balaban J connectivity index is 1.80. The Hall–Kier alpha value is -1.64. The van der Waals surface area contributed by atoms with E-state index in [1.54, 1.807) is 12.1 Å². The molecule has 1 fully saturated rings. The van der Waals surface area contributed by atoms with Crippen LogP contribution in [0.4, 0.5) is 4.39 Å². The molecule has 0 unspecified atom stereocenters. The number of carbonyl (C=O) groups is 2. The highest BCUT2D eigenvalue weighted by atomic mass is 32.2. The van der Waals surface area contributed by atoms with E-state index in [4.69, 9.17) is 9.84 Å². The third-order valence-electron chi connectivity index (χ3n) is 4.05. The van der Waals surface area contributed by atoms with Crippen molar-refractivity contribution in [1.82, 2.24) is 10.6 Å². The minimum absolute atomic E-state index is 0.0823. The van der Waals surface area contributed by atoms with E-state index in [1.807, 2.05) is 11.8 Å². The molecule has 1 aliphatic heterocycles. The zero-order valence-corrected chi connectivity index (χ0v) is 14.7. The molecule has 1 aliphatic rings. The number of aliphatic hydroxyl groups is 1. The quantitative estimate of drug-likeness (QED) is 0.619. The number of thioether (sulfide) groups is 1. The Kier molecular flexibility index (Phi) is 7.67. The van der Waals surface area contributed by atoms with Crippen molar-refractivity contribution in [3.05, 3.63) is 35.6 Å². The van der Waals surface area contributed by atoms with Crippen LogP contribution in [0.5, 0.6) is 0 Å². The van der Waals surface area contributed by atoms with Crippen LogP contribution in [0.2, 0.25) is 0 Å². The van der Waals surface area contributed by atoms with E-state index >= 15 is 0 Å². The summed E-state index contributed by atoms with van der Waals surface area (Å²) in [4.78, 5) is 23.9. The topological polar surface area (TPSA) is 87.7 Å². The minimum atomic E-state index is -0.744. The van der Waals surface area contributed by atoms with Crippen molar-refractivity contribution < 1.29 is 23.8 Å². The molecule has 1 aromatic carbocycles. The average molecular weight is 370 g/mol. The summed E-state index contributed by atoms with van der Waals surface area (Å²) < 4.78 is 18.6. The van der Waals surface area contributed by atoms with Crippen molar-refractivity contribution in [3.63, 3.8) is 0 Å². The van der Waals surface area contributed by atoms with Crippen molar-refractivity contribution >= 4 is 23.6 Å². The normalized spacial score (nSPS) is 16.2. The van der Waals surface area contributed by atoms with Gasteiger partial charge in [0.15, 0.2) is 0 Å². The van der Waals surface area contributed by atoms with Gasteiger partial charge in [0.25, 0.3) is 0 Å². The van der Waals surface area contributed by atoms with E-state index in [-0.39, 0.29) is 32.1 Å². The Bertz CT molecular complexity index is 577. The van der Waals surface area contributed by atoms with Crippen molar-refractivity contribution in [2.24, 2.45) is 0 Å². The predicted molar refractivity (Wildman–Crippen MR) is 93.6 cm³/mol. The van der Waals surface area contributed by atoms with Crippen molar-refractivity contribution in [1.29, 1.82) is 0 Å². The maximum atomic E-state index is 12.8. The molecule has 1 heterocycles. The summed E-state index contributed by atoms with van der Waals surface area (Å²) in [5.41, 5.74) is 0.176. The van der Waals surface area contributed by atoms with Crippen LogP contribution < -0.4 is 10.6 Å². The molecule has 1 saturated heterocycles. The van der Waals surface area contributed by atoms with Gasteiger partial charge in [-0.15, -0.1) is 0 Å². The zero-order chi connectivity index (χ0) is 18.1. The molecule has 8 heteroatoms. The van der Waals surface area contributed by atoms with Gasteiger partial charge >= 0.3 is 11.8 Å². The SMILES string of the molecule is O=C(NCc1ccc(F)cc1)C(=O)NCC1(OCCO)CCSCC1. The number of carbonyl (C=O) groups excluding carboxylic acids is 2. The van der Waals surface area contributed by atoms with Crippen LogP contribution in [-0.4, -0.2) is 53.8 Å². The maximum absolute atomic E-state index is 12.8. The molecule has 0 atom stereocenters. The van der Waals surface area contributed by atoms with Gasteiger partial charge in [-0.2, -0.15) is 11.8 Å². The summed E-state index contributed by atoms with van der Waals surface area (Å²) in [6.45, 7) is 0.504. The van der Waals surface area contributed by atoms with Crippen LogP contribution in [0.15, 0.2) is 24.3 Å². The van der Waals surface area contributed by atoms with Gasteiger partial charge in [0.2, 0.25) is 0 Å². The molecule has 138 valence electrons. The second-order valence-corrected chi connectivity index (χ2v) is 7.08. The van der Waals surface area contributed by atoms with Crippen molar-refractivity contribution in [2.45, 2.75) is 25.0 Å². The minimum Gasteiger partial charge on any atom is -0.394 e. The molecule has 6 nitrogen and oxygen atoms in total. The van der Waals surface area contributed by atoms with Crippen LogP contribution in [0, 0.1) is 5.82 Å². The third kappa shape index (κ3) is 6.30. The van der Waals surface area contributed by atoms with Gasteiger partial charge in [0, 0.05) is 13.1 Å². The first-order valence-electron chi connectivity index (χ1n) is 8.18. The molecule has 1 aromatic rings. The number of hydrogen-bond acceptors (Lipinski definition) is 5. The first kappa shape index (κ1) is 19.7. The molecule has 0 radical (unpaired) electrons. The number of hydrogen-bond donors (Lipinski definition) is 3. The van der Waals surface area contributed by atoms with Crippen LogP contribution in [0.1, 0.15) is 18.4 Å². The van der Waals surface area contributed by atoms with Gasteiger partial charge in [0.05, 0.1) is 18.8 Å². The Morgan fingerprint density at radius 2 is 1.80 bits per heavy atom. The fourth-order valence-electron chi connectivity index (χ4n) is 2.56. The zero-order valence-electron chi connectivity index (χ0n) is 13.9. The highest BCUT2D eigenvalue weighted by Crippen LogP contribution is 2.29. The van der Waals surface area contributed by atoms with E-state index in [1.165, 1.54) is 12.1 Å². The number of aliphatic hydroxyl groups excluding tert-OH is 1. The number of halogens is 1. The van der Waals surface area contributed by atoms with Gasteiger partial charge in [-0.25, -0.2) is 4.39 Å². The van der Waals surface area contributed by atoms with E-state index in [0.717, 1.165) is 24.3 Å². The van der Waals surface area contributed by atoms with Gasteiger partial charge in [0.1, 0.15) is 5.82 Å². The maximum Gasteiger partial charge on any atom is 0.309 e. The van der Waals surface area contributed by atoms with Crippen LogP contribution in [0.25, 0.3) is 0 Å². The first-order chi connectivity index (χ1) is 12.0. The lowest BCUT2D eigenvalue weighted by Gasteiger charge is -2.36. The second-order valence-electron chi connectivity index (χ2n) is 5.86. The number of nitrogens with one attached hydrogen (secondary N) is 2. The highest BCUT2D eigenvalue weighted by molar-refractivity contribution is 7.99. The number of rotatable bonds is 7. The summed E-state index contributed by atoms with van der Waals surface area (Å²) >= 11 is 1.82. The molecule has 0 aliphatic carbocycles. The molecular weight excluding hydrogens is 347 g/mol. The molecule has 0 aromatic heterocycles. The lowest BCUT2D eigenvalue weighted by atomic mass is 9.96. The lowest BCUT2D eigenvalue weighted by molar-refractivity contribution is -0.140. The summed E-state index contributed by atoms with van der Waals surface area (Å²) in [7, 11) is 0. The van der Waals surface area contributed by atoms with Crippen LogP contribution in [0.3, 0.4) is 0 Å². The average Bonchev–Trinajstić information content (AvgIpc) is 2.64. The van der Waals surface area contributed by atoms with Gasteiger partial charge in [-0.1, -0.05) is 12.1 Å². The molecular formula is C17H23FN2O4S. The number of ether oxygens (including phenoxy) is 1.